The fourth-order valence-corrected chi connectivity index (χ4v) is 3.33. The van der Waals surface area contributed by atoms with Crippen LogP contribution in [0.1, 0.15) is 65.5 Å². The number of carbonyl (C=O) groups excluding carboxylic acids is 2. The van der Waals surface area contributed by atoms with Crippen molar-refractivity contribution in [2.24, 2.45) is 5.92 Å². The predicted octanol–water partition coefficient (Wildman–Crippen LogP) is 4.90. The zero-order valence-electron chi connectivity index (χ0n) is 19.5. The van der Waals surface area contributed by atoms with Crippen molar-refractivity contribution in [2.75, 3.05) is 0 Å². The quantitative estimate of drug-likeness (QED) is 0.381. The van der Waals surface area contributed by atoms with E-state index in [1.165, 1.54) is 6.07 Å². The molecule has 7 heteroatoms. The van der Waals surface area contributed by atoms with Crippen LogP contribution in [0.5, 0.6) is 5.75 Å². The highest BCUT2D eigenvalue weighted by molar-refractivity contribution is 5.91. The van der Waals surface area contributed by atoms with Gasteiger partial charge in [0.1, 0.15) is 23.0 Å². The van der Waals surface area contributed by atoms with E-state index >= 15 is 0 Å². The second kappa shape index (κ2) is 9.98. The number of nitrogens with one attached hydrogen (secondary N) is 1. The van der Waals surface area contributed by atoms with E-state index in [2.05, 4.69) is 5.32 Å². The number of hydrogen-bond donors (Lipinski definition) is 1. The lowest BCUT2D eigenvalue weighted by Gasteiger charge is -2.24. The molecule has 7 nitrogen and oxygen atoms in total. The lowest BCUT2D eigenvalue weighted by molar-refractivity contribution is -0.137. The Labute approximate surface area is 183 Å². The number of carbonyl (C=O) groups is 2. The third kappa shape index (κ3) is 7.12. The number of benzene rings is 1. The summed E-state index contributed by atoms with van der Waals surface area (Å²) in [6.07, 6.45) is 1.16. The molecular weight excluding hydrogens is 398 g/mol. The van der Waals surface area contributed by atoms with Gasteiger partial charge in [-0.25, -0.2) is 14.4 Å². The summed E-state index contributed by atoms with van der Waals surface area (Å²) in [7, 11) is 0. The van der Waals surface area contributed by atoms with Gasteiger partial charge in [0.05, 0.1) is 5.39 Å². The predicted molar refractivity (Wildman–Crippen MR) is 119 cm³/mol. The number of ether oxygens (including phenoxy) is 2. The van der Waals surface area contributed by atoms with Crippen molar-refractivity contribution >= 4 is 23.0 Å². The molecule has 1 N–H and O–H groups in total. The number of esters is 1. The van der Waals surface area contributed by atoms with Gasteiger partial charge in [0.25, 0.3) is 0 Å². The van der Waals surface area contributed by atoms with E-state index in [0.717, 1.165) is 17.5 Å². The second-order valence-corrected chi connectivity index (χ2v) is 9.23. The Morgan fingerprint density at radius 2 is 1.84 bits per heavy atom. The van der Waals surface area contributed by atoms with E-state index in [-0.39, 0.29) is 5.92 Å². The summed E-state index contributed by atoms with van der Waals surface area (Å²) in [4.78, 5) is 37.3. The van der Waals surface area contributed by atoms with Crippen LogP contribution >= 0.6 is 0 Å². The van der Waals surface area contributed by atoms with Crippen LogP contribution in [0.2, 0.25) is 0 Å². The first kappa shape index (κ1) is 24.4. The second-order valence-electron chi connectivity index (χ2n) is 9.23. The summed E-state index contributed by atoms with van der Waals surface area (Å²) < 4.78 is 16.4. The van der Waals surface area contributed by atoms with E-state index in [4.69, 9.17) is 13.9 Å². The fraction of sp³-hybridized carbons (Fsp3) is 0.542. The topological polar surface area (TPSA) is 94.8 Å². The van der Waals surface area contributed by atoms with Crippen molar-refractivity contribution in [2.45, 2.75) is 79.4 Å². The van der Waals surface area contributed by atoms with E-state index in [9.17, 15) is 14.4 Å². The minimum Gasteiger partial charge on any atom is -0.444 e. The molecule has 1 amide bonds. The van der Waals surface area contributed by atoms with Crippen LogP contribution in [-0.2, 0) is 16.0 Å². The number of hydrogen-bond acceptors (Lipinski definition) is 6. The van der Waals surface area contributed by atoms with Gasteiger partial charge in [0.15, 0.2) is 0 Å². The van der Waals surface area contributed by atoms with Crippen molar-refractivity contribution in [1.29, 1.82) is 0 Å². The van der Waals surface area contributed by atoms with Crippen molar-refractivity contribution in [3.8, 4) is 5.75 Å². The fourth-order valence-electron chi connectivity index (χ4n) is 3.33. The average molecular weight is 432 g/mol. The van der Waals surface area contributed by atoms with Crippen molar-refractivity contribution < 1.29 is 23.5 Å². The van der Waals surface area contributed by atoms with Crippen LogP contribution in [-0.4, -0.2) is 23.7 Å². The molecule has 31 heavy (non-hydrogen) atoms. The Morgan fingerprint density at radius 3 is 2.42 bits per heavy atom. The monoisotopic (exact) mass is 431 g/mol. The van der Waals surface area contributed by atoms with Crippen LogP contribution in [0.25, 0.3) is 11.0 Å². The summed E-state index contributed by atoms with van der Waals surface area (Å²) in [5.41, 5.74) is 0.794. The van der Waals surface area contributed by atoms with Crippen molar-refractivity contribution in [3.05, 3.63) is 39.7 Å². The number of fused-ring (bicyclic) bond motifs is 1. The maximum absolute atomic E-state index is 13.1. The molecule has 0 saturated carbocycles. The zero-order valence-corrected chi connectivity index (χ0v) is 19.5. The number of rotatable bonds is 7. The molecule has 1 atom stereocenters. The molecule has 0 fully saturated rings. The first-order valence-electron chi connectivity index (χ1n) is 10.7. The Balaban J connectivity index is 2.40. The smallest absolute Gasteiger partial charge is 0.408 e. The molecule has 1 heterocycles. The number of amides is 1. The first-order chi connectivity index (χ1) is 14.4. The summed E-state index contributed by atoms with van der Waals surface area (Å²) in [5.74, 6) is -0.150. The molecule has 0 aliphatic rings. The van der Waals surface area contributed by atoms with Crippen LogP contribution in [0.4, 0.5) is 4.79 Å². The summed E-state index contributed by atoms with van der Waals surface area (Å²) in [6, 6.07) is 4.04. The third-order valence-electron chi connectivity index (χ3n) is 4.45. The van der Waals surface area contributed by atoms with E-state index < -0.39 is 29.3 Å². The van der Waals surface area contributed by atoms with Gasteiger partial charge in [-0.3, -0.25) is 0 Å². The van der Waals surface area contributed by atoms with Gasteiger partial charge in [0, 0.05) is 6.07 Å². The maximum atomic E-state index is 13.1. The normalized spacial score (nSPS) is 12.6. The van der Waals surface area contributed by atoms with Crippen LogP contribution in [0.3, 0.4) is 0 Å². The minimum atomic E-state index is -0.879. The Bertz CT molecular complexity index is 1000. The minimum absolute atomic E-state index is 0.135. The van der Waals surface area contributed by atoms with Gasteiger partial charge in [-0.1, -0.05) is 27.2 Å². The summed E-state index contributed by atoms with van der Waals surface area (Å²) >= 11 is 0. The van der Waals surface area contributed by atoms with Gasteiger partial charge >= 0.3 is 17.7 Å². The third-order valence-corrected chi connectivity index (χ3v) is 4.45. The van der Waals surface area contributed by atoms with E-state index in [1.54, 1.807) is 32.9 Å². The molecule has 1 aromatic heterocycles. The lowest BCUT2D eigenvalue weighted by Crippen LogP contribution is -2.45. The molecule has 0 radical (unpaired) electrons. The molecule has 0 bridgehead atoms. The van der Waals surface area contributed by atoms with Crippen LogP contribution < -0.4 is 15.7 Å². The van der Waals surface area contributed by atoms with E-state index in [0.29, 0.717) is 29.6 Å². The van der Waals surface area contributed by atoms with Crippen LogP contribution in [0, 0.1) is 12.8 Å². The molecular formula is C24H33NO6. The summed E-state index contributed by atoms with van der Waals surface area (Å²) in [5, 5.41) is 3.23. The molecule has 0 aliphatic heterocycles. The molecule has 0 saturated heterocycles. The summed E-state index contributed by atoms with van der Waals surface area (Å²) in [6.45, 7) is 13.0. The van der Waals surface area contributed by atoms with E-state index in [1.807, 2.05) is 27.7 Å². The van der Waals surface area contributed by atoms with Crippen molar-refractivity contribution in [1.82, 2.24) is 5.32 Å². The molecule has 170 valence electrons. The van der Waals surface area contributed by atoms with Gasteiger partial charge < -0.3 is 19.2 Å². The number of alkyl carbamates (subject to hydrolysis) is 1. The Hall–Kier alpha value is -2.83. The highest BCUT2D eigenvalue weighted by atomic mass is 16.6. The Morgan fingerprint density at radius 1 is 1.16 bits per heavy atom. The van der Waals surface area contributed by atoms with Gasteiger partial charge in [-0.05, 0) is 69.7 Å². The van der Waals surface area contributed by atoms with Gasteiger partial charge in [-0.2, -0.15) is 0 Å². The maximum Gasteiger partial charge on any atom is 0.408 e. The molecule has 2 aromatic rings. The molecule has 2 rings (SSSR count). The zero-order chi connectivity index (χ0) is 23.3. The van der Waals surface area contributed by atoms with Crippen LogP contribution in [0.15, 0.2) is 27.4 Å². The molecule has 0 aliphatic carbocycles. The highest BCUT2D eigenvalue weighted by Gasteiger charge is 2.27. The first-order valence-corrected chi connectivity index (χ1v) is 10.7. The van der Waals surface area contributed by atoms with Gasteiger partial charge in [0.2, 0.25) is 0 Å². The standard InChI is InChI=1S/C24H33NO6/c1-8-9-16-13-20(26)29-18-11-15(4)12-19(21(16)18)30-22(27)17(10-14(2)3)25-23(28)31-24(5,6)7/h11-14,17H,8-10H2,1-7H3,(H,25,28). The highest BCUT2D eigenvalue weighted by Crippen LogP contribution is 2.31. The largest absolute Gasteiger partial charge is 0.444 e. The number of aryl methyl sites for hydroxylation is 2. The Kier molecular flexibility index (Phi) is 7.87. The average Bonchev–Trinajstić information content (AvgIpc) is 2.58. The SMILES string of the molecule is CCCc1cc(=O)oc2cc(C)cc(OC(=O)C(CC(C)C)NC(=O)OC(C)(C)C)c12. The lowest BCUT2D eigenvalue weighted by atomic mass is 10.0. The molecule has 1 unspecified atom stereocenters. The van der Waals surface area contributed by atoms with Crippen molar-refractivity contribution in [3.63, 3.8) is 0 Å². The molecule has 1 aromatic carbocycles. The van der Waals surface area contributed by atoms with Gasteiger partial charge in [-0.15, -0.1) is 0 Å². The molecule has 0 spiro atoms.